The lowest BCUT2D eigenvalue weighted by Crippen LogP contribution is -2.62. The zero-order valence-electron chi connectivity index (χ0n) is 12.4. The molecule has 0 unspecified atom stereocenters. The van der Waals surface area contributed by atoms with Crippen molar-refractivity contribution in [1.82, 2.24) is 9.80 Å². The molecule has 6 heteroatoms. The zero-order valence-corrected chi connectivity index (χ0v) is 12.4. The third kappa shape index (κ3) is 4.70. The first-order valence-corrected chi connectivity index (χ1v) is 6.46. The number of rotatable bonds is 2. The van der Waals surface area contributed by atoms with Gasteiger partial charge in [0.1, 0.15) is 5.60 Å². The molecule has 0 aromatic carbocycles. The zero-order chi connectivity index (χ0) is 14.8. The standard InChI is InChI=1S/C13H24N2O4/c1-12(2,3)19-11(18)15-7-6-14(8-10(16)17)9-13(15,4)5/h6-9H2,1-5H3,(H,16,17). The second-order valence-corrected chi connectivity index (χ2v) is 6.55. The first-order valence-electron chi connectivity index (χ1n) is 6.46. The average molecular weight is 272 g/mol. The Labute approximate surface area is 114 Å². The van der Waals surface area contributed by atoms with Crippen LogP contribution in [0, 0.1) is 0 Å². The number of hydrogen-bond donors (Lipinski definition) is 1. The van der Waals surface area contributed by atoms with Crippen molar-refractivity contribution in [2.75, 3.05) is 26.2 Å². The minimum atomic E-state index is -0.846. The molecule has 0 atom stereocenters. The second-order valence-electron chi connectivity index (χ2n) is 6.55. The molecule has 0 aromatic rings. The Hall–Kier alpha value is -1.30. The van der Waals surface area contributed by atoms with E-state index in [1.807, 2.05) is 39.5 Å². The predicted octanol–water partition coefficient (Wildman–Crippen LogP) is 1.40. The fraction of sp³-hybridized carbons (Fsp3) is 0.846. The minimum absolute atomic E-state index is 0.00554. The number of carbonyl (C=O) groups is 2. The van der Waals surface area contributed by atoms with Gasteiger partial charge in [-0.3, -0.25) is 9.69 Å². The van der Waals surface area contributed by atoms with Gasteiger partial charge in [-0.05, 0) is 34.6 Å². The van der Waals surface area contributed by atoms with Crippen molar-refractivity contribution in [2.24, 2.45) is 0 Å². The molecular formula is C13H24N2O4. The van der Waals surface area contributed by atoms with Gasteiger partial charge in [0.05, 0.1) is 12.1 Å². The Morgan fingerprint density at radius 1 is 1.26 bits per heavy atom. The van der Waals surface area contributed by atoms with E-state index in [0.717, 1.165) is 0 Å². The van der Waals surface area contributed by atoms with Crippen LogP contribution in [0.15, 0.2) is 0 Å². The highest BCUT2D eigenvalue weighted by atomic mass is 16.6. The normalized spacial score (nSPS) is 20.2. The smallest absolute Gasteiger partial charge is 0.410 e. The van der Waals surface area contributed by atoms with Gasteiger partial charge in [-0.2, -0.15) is 0 Å². The van der Waals surface area contributed by atoms with Gasteiger partial charge in [0.2, 0.25) is 0 Å². The van der Waals surface area contributed by atoms with Crippen LogP contribution >= 0.6 is 0 Å². The SMILES string of the molecule is CC(C)(C)OC(=O)N1CCN(CC(=O)O)CC1(C)C. The van der Waals surface area contributed by atoms with E-state index in [-0.39, 0.29) is 12.6 Å². The Morgan fingerprint density at radius 2 is 1.84 bits per heavy atom. The Bertz CT molecular complexity index is 360. The van der Waals surface area contributed by atoms with Crippen LogP contribution in [0.4, 0.5) is 4.79 Å². The van der Waals surface area contributed by atoms with Crippen LogP contribution in [0.5, 0.6) is 0 Å². The number of hydrogen-bond acceptors (Lipinski definition) is 4. The van der Waals surface area contributed by atoms with Gasteiger partial charge >= 0.3 is 12.1 Å². The summed E-state index contributed by atoms with van der Waals surface area (Å²) in [6.07, 6.45) is -0.340. The highest BCUT2D eigenvalue weighted by Gasteiger charge is 2.39. The molecule has 1 aliphatic rings. The van der Waals surface area contributed by atoms with Gasteiger partial charge in [-0.15, -0.1) is 0 Å². The van der Waals surface area contributed by atoms with E-state index < -0.39 is 17.1 Å². The summed E-state index contributed by atoms with van der Waals surface area (Å²) in [6, 6.07) is 0. The molecule has 19 heavy (non-hydrogen) atoms. The van der Waals surface area contributed by atoms with Crippen molar-refractivity contribution in [3.8, 4) is 0 Å². The van der Waals surface area contributed by atoms with Crippen LogP contribution in [0.2, 0.25) is 0 Å². The maximum absolute atomic E-state index is 12.1. The average Bonchev–Trinajstić information content (AvgIpc) is 2.11. The summed E-state index contributed by atoms with van der Waals surface area (Å²) in [7, 11) is 0. The quantitative estimate of drug-likeness (QED) is 0.823. The lowest BCUT2D eigenvalue weighted by atomic mass is 9.99. The molecule has 110 valence electrons. The fourth-order valence-corrected chi connectivity index (χ4v) is 2.24. The van der Waals surface area contributed by atoms with Gasteiger partial charge in [0.15, 0.2) is 0 Å². The molecule has 0 bridgehead atoms. The molecular weight excluding hydrogens is 248 g/mol. The molecule has 0 saturated carbocycles. The lowest BCUT2D eigenvalue weighted by Gasteiger charge is -2.46. The van der Waals surface area contributed by atoms with Crippen LogP contribution in [0.1, 0.15) is 34.6 Å². The van der Waals surface area contributed by atoms with Crippen molar-refractivity contribution in [2.45, 2.75) is 45.8 Å². The van der Waals surface area contributed by atoms with Crippen molar-refractivity contribution >= 4 is 12.1 Å². The molecule has 1 amide bonds. The van der Waals surface area contributed by atoms with Crippen LogP contribution in [0.25, 0.3) is 0 Å². The number of carbonyl (C=O) groups excluding carboxylic acids is 1. The Balaban J connectivity index is 2.68. The number of piperazine rings is 1. The first kappa shape index (κ1) is 15.8. The van der Waals surface area contributed by atoms with Crippen molar-refractivity contribution in [3.63, 3.8) is 0 Å². The summed E-state index contributed by atoms with van der Waals surface area (Å²) in [6.45, 7) is 10.9. The van der Waals surface area contributed by atoms with Gasteiger partial charge < -0.3 is 14.7 Å². The highest BCUT2D eigenvalue weighted by molar-refractivity contribution is 5.70. The van der Waals surface area contributed by atoms with Crippen LogP contribution in [0.3, 0.4) is 0 Å². The number of amides is 1. The number of ether oxygens (including phenoxy) is 1. The number of carboxylic acids is 1. The van der Waals surface area contributed by atoms with Gasteiger partial charge in [0, 0.05) is 19.6 Å². The third-order valence-corrected chi connectivity index (χ3v) is 2.95. The fourth-order valence-electron chi connectivity index (χ4n) is 2.24. The van der Waals surface area contributed by atoms with Crippen LogP contribution in [-0.4, -0.2) is 64.3 Å². The second kappa shape index (κ2) is 5.36. The Morgan fingerprint density at radius 3 is 2.26 bits per heavy atom. The van der Waals surface area contributed by atoms with Crippen molar-refractivity contribution in [3.05, 3.63) is 0 Å². The molecule has 0 aromatic heterocycles. The summed E-state index contributed by atoms with van der Waals surface area (Å²) in [5, 5.41) is 8.82. The minimum Gasteiger partial charge on any atom is -0.480 e. The summed E-state index contributed by atoms with van der Waals surface area (Å²) in [5.41, 5.74) is -0.957. The summed E-state index contributed by atoms with van der Waals surface area (Å²) >= 11 is 0. The molecule has 1 rings (SSSR count). The predicted molar refractivity (Wildman–Crippen MR) is 71.1 cm³/mol. The largest absolute Gasteiger partial charge is 0.480 e. The number of carboxylic acid groups (broad SMARTS) is 1. The van der Waals surface area contributed by atoms with Crippen molar-refractivity contribution in [1.29, 1.82) is 0 Å². The molecule has 0 spiro atoms. The first-order chi connectivity index (χ1) is 8.51. The van der Waals surface area contributed by atoms with E-state index in [9.17, 15) is 9.59 Å². The van der Waals surface area contributed by atoms with E-state index >= 15 is 0 Å². The maximum Gasteiger partial charge on any atom is 0.410 e. The monoisotopic (exact) mass is 272 g/mol. The molecule has 1 N–H and O–H groups in total. The van der Waals surface area contributed by atoms with Gasteiger partial charge in [-0.25, -0.2) is 4.79 Å². The van der Waals surface area contributed by atoms with Crippen molar-refractivity contribution < 1.29 is 19.4 Å². The molecule has 6 nitrogen and oxygen atoms in total. The topological polar surface area (TPSA) is 70.1 Å². The van der Waals surface area contributed by atoms with Gasteiger partial charge in [-0.1, -0.05) is 0 Å². The number of aliphatic carboxylic acids is 1. The lowest BCUT2D eigenvalue weighted by molar-refractivity contribution is -0.139. The van der Waals surface area contributed by atoms with E-state index in [1.165, 1.54) is 0 Å². The molecule has 1 aliphatic heterocycles. The van der Waals surface area contributed by atoms with Gasteiger partial charge in [0.25, 0.3) is 0 Å². The summed E-state index contributed by atoms with van der Waals surface area (Å²) in [5.74, 6) is -0.846. The summed E-state index contributed by atoms with van der Waals surface area (Å²) < 4.78 is 5.38. The third-order valence-electron chi connectivity index (χ3n) is 2.95. The van der Waals surface area contributed by atoms with Crippen LogP contribution < -0.4 is 0 Å². The van der Waals surface area contributed by atoms with Crippen LogP contribution in [-0.2, 0) is 9.53 Å². The van der Waals surface area contributed by atoms with E-state index in [1.54, 1.807) is 4.90 Å². The highest BCUT2D eigenvalue weighted by Crippen LogP contribution is 2.23. The molecule has 0 aliphatic carbocycles. The molecule has 0 radical (unpaired) electrons. The molecule has 1 heterocycles. The van der Waals surface area contributed by atoms with E-state index in [0.29, 0.717) is 19.6 Å². The molecule has 1 fully saturated rings. The molecule has 1 saturated heterocycles. The summed E-state index contributed by atoms with van der Waals surface area (Å²) in [4.78, 5) is 26.4. The van der Waals surface area contributed by atoms with E-state index in [4.69, 9.17) is 9.84 Å². The Kier molecular flexibility index (Phi) is 4.45. The van der Waals surface area contributed by atoms with E-state index in [2.05, 4.69) is 0 Å². The number of nitrogens with zero attached hydrogens (tertiary/aromatic N) is 2. The maximum atomic E-state index is 12.1.